The maximum Gasteiger partial charge on any atom is 0.393 e. The fraction of sp³-hybridized carbons (Fsp3) is 0.444. The highest BCUT2D eigenvalue weighted by atomic mass is 19.4. The van der Waals surface area contributed by atoms with Crippen LogP contribution in [0.3, 0.4) is 0 Å². The van der Waals surface area contributed by atoms with E-state index >= 15 is 0 Å². The largest absolute Gasteiger partial charge is 0.456 e. The molecule has 25 heavy (non-hydrogen) atoms. The van der Waals surface area contributed by atoms with E-state index in [1.165, 1.54) is 19.2 Å². The van der Waals surface area contributed by atoms with E-state index in [1.54, 1.807) is 39.8 Å². The van der Waals surface area contributed by atoms with Gasteiger partial charge in [0.1, 0.15) is 11.2 Å². The van der Waals surface area contributed by atoms with Crippen molar-refractivity contribution in [1.29, 1.82) is 0 Å². The number of hydrogen-bond acceptors (Lipinski definition) is 3. The Morgan fingerprint density at radius 3 is 2.00 bits per heavy atom. The number of nitrogens with one attached hydrogen (secondary N) is 1. The molecule has 1 rings (SSSR count). The van der Waals surface area contributed by atoms with Gasteiger partial charge in [-0.15, -0.1) is 0 Å². The Bertz CT molecular complexity index is 668. The summed E-state index contributed by atoms with van der Waals surface area (Å²) in [4.78, 5) is 24.6. The van der Waals surface area contributed by atoms with Crippen LogP contribution in [-0.4, -0.2) is 30.7 Å². The second-order valence-corrected chi connectivity index (χ2v) is 6.59. The van der Waals surface area contributed by atoms with Crippen molar-refractivity contribution in [2.24, 2.45) is 0 Å². The zero-order chi connectivity index (χ0) is 19.4. The van der Waals surface area contributed by atoms with Crippen LogP contribution in [0.2, 0.25) is 0 Å². The number of carbonyl (C=O) groups excluding carboxylic acids is 2. The van der Waals surface area contributed by atoms with Crippen molar-refractivity contribution >= 4 is 17.4 Å². The fourth-order valence-corrected chi connectivity index (χ4v) is 2.10. The molecule has 0 unspecified atom stereocenters. The number of alkyl halides is 3. The molecule has 0 fully saturated rings. The van der Waals surface area contributed by atoms with Crippen LogP contribution < -0.4 is 5.32 Å². The van der Waals surface area contributed by atoms with Crippen LogP contribution >= 0.6 is 0 Å². The topological polar surface area (TPSA) is 55.4 Å². The first-order valence-electron chi connectivity index (χ1n) is 7.66. The number of carbonyl (C=O) groups is 2. The molecule has 0 spiro atoms. The van der Waals surface area contributed by atoms with E-state index in [0.29, 0.717) is 0 Å². The molecule has 0 aliphatic heterocycles. The summed E-state index contributed by atoms with van der Waals surface area (Å²) in [6, 6.07) is 6.12. The Balaban J connectivity index is 3.59. The number of allylic oxidation sites excluding steroid dienone is 1. The van der Waals surface area contributed by atoms with Crippen LogP contribution in [0.5, 0.6) is 0 Å². The summed E-state index contributed by atoms with van der Waals surface area (Å²) in [5, 5.41) is 2.21. The van der Waals surface area contributed by atoms with Crippen molar-refractivity contribution in [2.45, 2.75) is 45.9 Å². The molecule has 0 aliphatic rings. The minimum absolute atomic E-state index is 0.146. The average Bonchev–Trinajstić information content (AvgIpc) is 2.43. The average molecular weight is 357 g/mol. The Morgan fingerprint density at radius 1 is 1.08 bits per heavy atom. The Kier molecular flexibility index (Phi) is 6.40. The first kappa shape index (κ1) is 20.7. The lowest BCUT2D eigenvalue weighted by molar-refractivity contribution is -0.150. The van der Waals surface area contributed by atoms with Crippen molar-refractivity contribution < 1.29 is 27.5 Å². The molecule has 0 aliphatic carbocycles. The molecule has 0 radical (unpaired) electrons. The summed E-state index contributed by atoms with van der Waals surface area (Å²) in [6.45, 7) is 6.50. The molecule has 1 N–H and O–H groups in total. The molecule has 7 heteroatoms. The van der Waals surface area contributed by atoms with Crippen molar-refractivity contribution in [3.63, 3.8) is 0 Å². The molecular formula is C18H22F3NO3. The Morgan fingerprint density at radius 2 is 1.60 bits per heavy atom. The van der Waals surface area contributed by atoms with Gasteiger partial charge in [0.05, 0.1) is 6.42 Å². The quantitative estimate of drug-likeness (QED) is 0.386. The molecule has 138 valence electrons. The standard InChI is InChI=1S/C18H22F3NO3/c1-11-6-8-12(9-7-11)13(10-18(19,20)21)14(15(23)22-5)16(24)25-17(2,3)4/h6-9H,10H2,1-5H3,(H,22,23)/b14-13-. The number of likely N-dealkylation sites (N-methyl/N-ethyl adjacent to an activating group) is 1. The molecule has 0 bridgehead atoms. The molecule has 0 heterocycles. The number of esters is 1. The number of benzene rings is 1. The molecule has 0 atom stereocenters. The summed E-state index contributed by atoms with van der Waals surface area (Å²) < 4.78 is 44.4. The maximum atomic E-state index is 13.1. The highest BCUT2D eigenvalue weighted by Gasteiger charge is 2.35. The van der Waals surface area contributed by atoms with E-state index in [2.05, 4.69) is 5.32 Å². The van der Waals surface area contributed by atoms with E-state index in [9.17, 15) is 22.8 Å². The minimum atomic E-state index is -4.60. The van der Waals surface area contributed by atoms with E-state index in [0.717, 1.165) is 5.56 Å². The van der Waals surface area contributed by atoms with Crippen LogP contribution in [-0.2, 0) is 14.3 Å². The van der Waals surface area contributed by atoms with Gasteiger partial charge in [0.15, 0.2) is 0 Å². The van der Waals surface area contributed by atoms with Crippen molar-refractivity contribution in [1.82, 2.24) is 5.32 Å². The van der Waals surface area contributed by atoms with Gasteiger partial charge in [0.2, 0.25) is 0 Å². The van der Waals surface area contributed by atoms with Crippen LogP contribution in [0.4, 0.5) is 13.2 Å². The third-order valence-electron chi connectivity index (χ3n) is 3.14. The molecule has 1 aromatic carbocycles. The number of hydrogen-bond donors (Lipinski definition) is 1. The van der Waals surface area contributed by atoms with E-state index in [1.807, 2.05) is 0 Å². The predicted octanol–water partition coefficient (Wildman–Crippen LogP) is 3.79. The summed E-state index contributed by atoms with van der Waals surface area (Å²) in [5.41, 5.74) is -1.02. The van der Waals surface area contributed by atoms with Gasteiger partial charge in [-0.05, 0) is 38.8 Å². The van der Waals surface area contributed by atoms with Crippen LogP contribution in [0.15, 0.2) is 29.8 Å². The van der Waals surface area contributed by atoms with Crippen LogP contribution in [0, 0.1) is 6.92 Å². The molecule has 0 aromatic heterocycles. The van der Waals surface area contributed by atoms with Crippen molar-refractivity contribution in [2.75, 3.05) is 7.05 Å². The lowest BCUT2D eigenvalue weighted by atomic mass is 9.95. The number of aryl methyl sites for hydroxylation is 1. The molecule has 4 nitrogen and oxygen atoms in total. The SMILES string of the molecule is CNC(=O)/C(C(=O)OC(C)(C)C)=C(\CC(F)(F)F)c1ccc(C)cc1. The van der Waals surface area contributed by atoms with Gasteiger partial charge >= 0.3 is 12.1 Å². The van der Waals surface area contributed by atoms with Gasteiger partial charge < -0.3 is 10.1 Å². The lowest BCUT2D eigenvalue weighted by Gasteiger charge is -2.22. The zero-order valence-corrected chi connectivity index (χ0v) is 14.9. The van der Waals surface area contributed by atoms with E-state index in [4.69, 9.17) is 4.74 Å². The summed E-state index contributed by atoms with van der Waals surface area (Å²) in [7, 11) is 1.24. The Labute approximate surface area is 145 Å². The minimum Gasteiger partial charge on any atom is -0.456 e. The van der Waals surface area contributed by atoms with Crippen molar-refractivity contribution in [3.05, 3.63) is 41.0 Å². The van der Waals surface area contributed by atoms with Gasteiger partial charge in [0.25, 0.3) is 5.91 Å². The van der Waals surface area contributed by atoms with Gasteiger partial charge in [-0.1, -0.05) is 29.8 Å². The smallest absolute Gasteiger partial charge is 0.393 e. The van der Waals surface area contributed by atoms with Crippen LogP contribution in [0.25, 0.3) is 5.57 Å². The second kappa shape index (κ2) is 7.72. The second-order valence-electron chi connectivity index (χ2n) is 6.59. The Hall–Kier alpha value is -2.31. The summed E-state index contributed by atoms with van der Waals surface area (Å²) >= 11 is 0. The zero-order valence-electron chi connectivity index (χ0n) is 14.9. The first-order chi connectivity index (χ1) is 11.3. The predicted molar refractivity (Wildman–Crippen MR) is 88.7 cm³/mol. The molecule has 1 aromatic rings. The summed E-state index contributed by atoms with van der Waals surface area (Å²) in [6.07, 6.45) is -6.01. The number of ether oxygens (including phenoxy) is 1. The lowest BCUT2D eigenvalue weighted by Crippen LogP contribution is -2.32. The fourth-order valence-electron chi connectivity index (χ4n) is 2.10. The molecular weight excluding hydrogens is 335 g/mol. The summed E-state index contributed by atoms with van der Waals surface area (Å²) in [5.74, 6) is -2.01. The van der Waals surface area contributed by atoms with E-state index < -0.39 is 41.2 Å². The van der Waals surface area contributed by atoms with Gasteiger partial charge in [-0.3, -0.25) is 4.79 Å². The van der Waals surface area contributed by atoms with E-state index in [-0.39, 0.29) is 5.56 Å². The first-order valence-corrected chi connectivity index (χ1v) is 7.66. The highest BCUT2D eigenvalue weighted by Crippen LogP contribution is 2.33. The monoisotopic (exact) mass is 357 g/mol. The highest BCUT2D eigenvalue weighted by molar-refractivity contribution is 6.22. The van der Waals surface area contributed by atoms with Crippen molar-refractivity contribution in [3.8, 4) is 0 Å². The molecule has 0 saturated heterocycles. The third-order valence-corrected chi connectivity index (χ3v) is 3.14. The van der Waals surface area contributed by atoms with Gasteiger partial charge in [-0.2, -0.15) is 13.2 Å². The molecule has 1 amide bonds. The van der Waals surface area contributed by atoms with Gasteiger partial charge in [0, 0.05) is 7.05 Å². The van der Waals surface area contributed by atoms with Crippen LogP contribution in [0.1, 0.15) is 38.3 Å². The number of halogens is 3. The van der Waals surface area contributed by atoms with Gasteiger partial charge in [-0.25, -0.2) is 4.79 Å². The number of amides is 1. The maximum absolute atomic E-state index is 13.1. The number of rotatable bonds is 4. The molecule has 0 saturated carbocycles. The third kappa shape index (κ3) is 6.60. The normalized spacial score (nSPS) is 13.1.